The van der Waals surface area contributed by atoms with E-state index in [0.29, 0.717) is 30.6 Å². The summed E-state index contributed by atoms with van der Waals surface area (Å²) in [6, 6.07) is 3.72. The summed E-state index contributed by atoms with van der Waals surface area (Å²) in [5.41, 5.74) is 0.886. The van der Waals surface area contributed by atoms with Gasteiger partial charge in [-0.2, -0.15) is 0 Å². The first-order valence-electron chi connectivity index (χ1n) is 5.77. The Bertz CT molecular complexity index is 479. The zero-order valence-corrected chi connectivity index (χ0v) is 11.7. The molecule has 0 unspecified atom stereocenters. The first-order valence-corrected chi connectivity index (χ1v) is 6.56. The molecule has 1 aliphatic carbocycles. The van der Waals surface area contributed by atoms with Crippen molar-refractivity contribution in [3.05, 3.63) is 22.2 Å². The molecule has 18 heavy (non-hydrogen) atoms. The normalized spacial score (nSPS) is 13.9. The lowest BCUT2D eigenvalue weighted by Gasteiger charge is -2.13. The van der Waals surface area contributed by atoms with E-state index in [4.69, 9.17) is 9.47 Å². The first-order chi connectivity index (χ1) is 8.74. The maximum Gasteiger partial charge on any atom is 0.235 e. The van der Waals surface area contributed by atoms with Crippen molar-refractivity contribution >= 4 is 22.0 Å². The van der Waals surface area contributed by atoms with Crippen LogP contribution in [0, 0.1) is 5.92 Å². The lowest BCUT2D eigenvalue weighted by atomic mass is 10.2. The fourth-order valence-electron chi connectivity index (χ4n) is 1.63. The van der Waals surface area contributed by atoms with Gasteiger partial charge in [0, 0.05) is 0 Å². The van der Waals surface area contributed by atoms with Crippen LogP contribution in [0.1, 0.15) is 18.4 Å². The van der Waals surface area contributed by atoms with Crippen LogP contribution in [0.25, 0.3) is 0 Å². The molecule has 4 nitrogen and oxygen atoms in total. The molecule has 96 valence electrons. The van der Waals surface area contributed by atoms with Gasteiger partial charge in [-0.15, -0.1) is 0 Å². The van der Waals surface area contributed by atoms with Gasteiger partial charge in [0.1, 0.15) is 0 Å². The van der Waals surface area contributed by atoms with Crippen molar-refractivity contribution in [2.75, 3.05) is 13.7 Å². The number of isocyanates is 1. The summed E-state index contributed by atoms with van der Waals surface area (Å²) >= 11 is 3.43. The molecular formula is C13H14BrNO3. The molecule has 1 aromatic carbocycles. The molecule has 0 atom stereocenters. The van der Waals surface area contributed by atoms with Crippen LogP contribution < -0.4 is 9.47 Å². The maximum absolute atomic E-state index is 10.1. The van der Waals surface area contributed by atoms with Crippen molar-refractivity contribution < 1.29 is 14.3 Å². The van der Waals surface area contributed by atoms with Crippen molar-refractivity contribution in [2.24, 2.45) is 10.9 Å². The van der Waals surface area contributed by atoms with Gasteiger partial charge in [0.25, 0.3) is 0 Å². The Kier molecular flexibility index (Phi) is 4.39. The average molecular weight is 312 g/mol. The molecule has 1 aromatic rings. The van der Waals surface area contributed by atoms with Crippen molar-refractivity contribution in [2.45, 2.75) is 19.4 Å². The summed E-state index contributed by atoms with van der Waals surface area (Å²) in [5, 5.41) is 0. The number of nitrogens with zero attached hydrogens (tertiary/aromatic N) is 1. The molecule has 1 fully saturated rings. The van der Waals surface area contributed by atoms with E-state index < -0.39 is 0 Å². The van der Waals surface area contributed by atoms with E-state index in [1.807, 2.05) is 12.1 Å². The predicted octanol–water partition coefficient (Wildman–Crippen LogP) is 3.08. The second kappa shape index (κ2) is 6.03. The molecule has 0 N–H and O–H groups in total. The van der Waals surface area contributed by atoms with Gasteiger partial charge in [-0.1, -0.05) is 0 Å². The summed E-state index contributed by atoms with van der Waals surface area (Å²) in [7, 11) is 1.60. The Morgan fingerprint density at radius 3 is 2.89 bits per heavy atom. The van der Waals surface area contributed by atoms with Crippen molar-refractivity contribution in [1.29, 1.82) is 0 Å². The monoisotopic (exact) mass is 311 g/mol. The largest absolute Gasteiger partial charge is 0.492 e. The van der Waals surface area contributed by atoms with Crippen molar-refractivity contribution in [3.8, 4) is 11.5 Å². The number of halogens is 1. The van der Waals surface area contributed by atoms with Gasteiger partial charge < -0.3 is 9.47 Å². The van der Waals surface area contributed by atoms with Crippen molar-refractivity contribution in [3.63, 3.8) is 0 Å². The van der Waals surface area contributed by atoms with E-state index >= 15 is 0 Å². The molecule has 1 saturated carbocycles. The highest BCUT2D eigenvalue weighted by molar-refractivity contribution is 9.10. The number of benzene rings is 1. The van der Waals surface area contributed by atoms with E-state index in [1.165, 1.54) is 18.9 Å². The zero-order valence-electron chi connectivity index (χ0n) is 10.1. The third-order valence-electron chi connectivity index (χ3n) is 2.77. The number of rotatable bonds is 6. The van der Waals surface area contributed by atoms with Gasteiger partial charge in [0.15, 0.2) is 11.5 Å². The first kappa shape index (κ1) is 13.1. The number of aliphatic imine (C=N–C) groups is 1. The molecule has 0 radical (unpaired) electrons. The maximum atomic E-state index is 10.1. The molecule has 0 aromatic heterocycles. The van der Waals surface area contributed by atoms with Gasteiger partial charge in [0.05, 0.1) is 24.7 Å². The second-order valence-electron chi connectivity index (χ2n) is 4.27. The van der Waals surface area contributed by atoms with Crippen LogP contribution >= 0.6 is 15.9 Å². The minimum absolute atomic E-state index is 0.298. The Labute approximate surface area is 114 Å². The molecule has 0 bridgehead atoms. The molecule has 1 aliphatic rings. The lowest BCUT2D eigenvalue weighted by Crippen LogP contribution is -2.02. The van der Waals surface area contributed by atoms with Crippen LogP contribution in [0.5, 0.6) is 11.5 Å². The zero-order chi connectivity index (χ0) is 13.0. The SMILES string of the molecule is COc1c(Br)cc(CN=C=O)cc1OCC1CC1. The van der Waals surface area contributed by atoms with E-state index in [1.54, 1.807) is 7.11 Å². The minimum atomic E-state index is 0.298. The molecule has 0 saturated heterocycles. The Morgan fingerprint density at radius 1 is 1.50 bits per heavy atom. The number of methoxy groups -OCH3 is 1. The van der Waals surface area contributed by atoms with Crippen LogP contribution in [0.3, 0.4) is 0 Å². The van der Waals surface area contributed by atoms with Crippen molar-refractivity contribution in [1.82, 2.24) is 0 Å². The van der Waals surface area contributed by atoms with Crippen LogP contribution in [-0.2, 0) is 11.3 Å². The summed E-state index contributed by atoms with van der Waals surface area (Å²) in [5.74, 6) is 2.04. The Balaban J connectivity index is 2.20. The highest BCUT2D eigenvalue weighted by Gasteiger charge is 2.23. The standard InChI is InChI=1S/C13H14BrNO3/c1-17-13-11(14)4-10(6-15-8-16)5-12(13)18-7-9-2-3-9/h4-5,9H,2-3,6-7H2,1H3. The smallest absolute Gasteiger partial charge is 0.235 e. The summed E-state index contributed by atoms with van der Waals surface area (Å²) in [6.45, 7) is 1.01. The Morgan fingerprint density at radius 2 is 2.28 bits per heavy atom. The summed E-state index contributed by atoms with van der Waals surface area (Å²) < 4.78 is 11.9. The van der Waals surface area contributed by atoms with Gasteiger partial charge in [-0.3, -0.25) is 0 Å². The molecule has 2 rings (SSSR count). The van der Waals surface area contributed by atoms with E-state index in [9.17, 15) is 4.79 Å². The van der Waals surface area contributed by atoms with Crippen LogP contribution in [0.4, 0.5) is 0 Å². The van der Waals surface area contributed by atoms with Crippen LogP contribution in [0.2, 0.25) is 0 Å². The van der Waals surface area contributed by atoms with E-state index in [-0.39, 0.29) is 0 Å². The van der Waals surface area contributed by atoms with Crippen LogP contribution in [0.15, 0.2) is 21.6 Å². The highest BCUT2D eigenvalue weighted by atomic mass is 79.9. The number of hydrogen-bond acceptors (Lipinski definition) is 4. The number of ether oxygens (including phenoxy) is 2. The van der Waals surface area contributed by atoms with Gasteiger partial charge in [-0.05, 0) is 52.4 Å². The third kappa shape index (κ3) is 3.34. The number of carbonyl (C=O) groups excluding carboxylic acids is 1. The average Bonchev–Trinajstić information content (AvgIpc) is 3.17. The summed E-state index contributed by atoms with van der Waals surface area (Å²) in [6.07, 6.45) is 4.00. The molecular weight excluding hydrogens is 298 g/mol. The topological polar surface area (TPSA) is 47.9 Å². The fraction of sp³-hybridized carbons (Fsp3) is 0.462. The fourth-order valence-corrected chi connectivity index (χ4v) is 2.29. The molecule has 0 spiro atoms. The highest BCUT2D eigenvalue weighted by Crippen LogP contribution is 2.38. The number of hydrogen-bond donors (Lipinski definition) is 0. The van der Waals surface area contributed by atoms with E-state index in [2.05, 4.69) is 20.9 Å². The lowest BCUT2D eigenvalue weighted by molar-refractivity contribution is 0.279. The van der Waals surface area contributed by atoms with Crippen LogP contribution in [-0.4, -0.2) is 19.8 Å². The van der Waals surface area contributed by atoms with Gasteiger partial charge in [0.2, 0.25) is 6.08 Å². The Hall–Kier alpha value is -1.32. The molecule has 0 heterocycles. The molecule has 0 amide bonds. The second-order valence-corrected chi connectivity index (χ2v) is 5.13. The quantitative estimate of drug-likeness (QED) is 0.599. The third-order valence-corrected chi connectivity index (χ3v) is 3.36. The molecule has 5 heteroatoms. The van der Waals surface area contributed by atoms with Gasteiger partial charge >= 0.3 is 0 Å². The predicted molar refractivity (Wildman–Crippen MR) is 70.7 cm³/mol. The molecule has 0 aliphatic heterocycles. The van der Waals surface area contributed by atoms with Gasteiger partial charge in [-0.25, -0.2) is 9.79 Å². The minimum Gasteiger partial charge on any atom is -0.492 e. The summed E-state index contributed by atoms with van der Waals surface area (Å²) in [4.78, 5) is 13.7. The van der Waals surface area contributed by atoms with E-state index in [0.717, 1.165) is 10.0 Å².